The number of aromatic nitrogens is 1. The Morgan fingerprint density at radius 2 is 1.70 bits per heavy atom. The minimum absolute atomic E-state index is 0.0501. The number of fused-ring (bicyclic) bond motifs is 1. The number of hydrogen-bond donors (Lipinski definition) is 1. The van der Waals surface area contributed by atoms with Crippen LogP contribution in [-0.4, -0.2) is 11.3 Å². The van der Waals surface area contributed by atoms with Crippen molar-refractivity contribution in [3.05, 3.63) is 65.9 Å². The zero-order valence-electron chi connectivity index (χ0n) is 17.5. The SMILES string of the molecule is CC.CCCC(CC)(c1ccc(C)cc1)n1ccc2c(OCN)cccc21. The quantitative estimate of drug-likeness (QED) is 0.504. The van der Waals surface area contributed by atoms with Crippen molar-refractivity contribution < 1.29 is 4.74 Å². The van der Waals surface area contributed by atoms with E-state index in [9.17, 15) is 0 Å². The smallest absolute Gasteiger partial charge is 0.137 e. The molecule has 3 rings (SSSR count). The fourth-order valence-corrected chi connectivity index (χ4v) is 3.96. The predicted octanol–water partition coefficient (Wildman–Crippen LogP) is 6.22. The summed E-state index contributed by atoms with van der Waals surface area (Å²) in [5.74, 6) is 0.851. The summed E-state index contributed by atoms with van der Waals surface area (Å²) < 4.78 is 8.06. The average molecular weight is 367 g/mol. The Morgan fingerprint density at radius 3 is 2.30 bits per heavy atom. The molecule has 1 aromatic heterocycles. The van der Waals surface area contributed by atoms with Gasteiger partial charge in [0, 0.05) is 11.6 Å². The van der Waals surface area contributed by atoms with E-state index in [1.165, 1.54) is 16.6 Å². The molecule has 3 nitrogen and oxygen atoms in total. The first-order chi connectivity index (χ1) is 13.2. The highest BCUT2D eigenvalue weighted by molar-refractivity contribution is 5.87. The van der Waals surface area contributed by atoms with E-state index in [0.717, 1.165) is 30.4 Å². The Bertz CT molecular complexity index is 835. The fourth-order valence-electron chi connectivity index (χ4n) is 3.96. The molecule has 0 saturated heterocycles. The van der Waals surface area contributed by atoms with Crippen molar-refractivity contribution in [2.24, 2.45) is 5.73 Å². The van der Waals surface area contributed by atoms with E-state index < -0.39 is 0 Å². The summed E-state index contributed by atoms with van der Waals surface area (Å²) >= 11 is 0. The van der Waals surface area contributed by atoms with Crippen molar-refractivity contribution in [1.82, 2.24) is 4.57 Å². The number of hydrogen-bond acceptors (Lipinski definition) is 2. The first-order valence-corrected chi connectivity index (χ1v) is 10.2. The van der Waals surface area contributed by atoms with E-state index in [4.69, 9.17) is 10.5 Å². The summed E-state index contributed by atoms with van der Waals surface area (Å²) in [4.78, 5) is 0. The van der Waals surface area contributed by atoms with Crippen LogP contribution in [0.3, 0.4) is 0 Å². The van der Waals surface area contributed by atoms with E-state index >= 15 is 0 Å². The summed E-state index contributed by atoms with van der Waals surface area (Å²) in [7, 11) is 0. The van der Waals surface area contributed by atoms with Crippen molar-refractivity contribution in [3.8, 4) is 5.75 Å². The third-order valence-corrected chi connectivity index (χ3v) is 5.23. The Morgan fingerprint density at radius 1 is 1.00 bits per heavy atom. The highest BCUT2D eigenvalue weighted by Crippen LogP contribution is 2.39. The molecule has 0 aliphatic heterocycles. The molecule has 2 aromatic carbocycles. The molecule has 0 amide bonds. The fraction of sp³-hybridized carbons (Fsp3) is 0.417. The zero-order valence-corrected chi connectivity index (χ0v) is 17.5. The number of nitrogens with zero attached hydrogens (tertiary/aromatic N) is 1. The second-order valence-corrected chi connectivity index (χ2v) is 6.69. The van der Waals surface area contributed by atoms with E-state index in [1.807, 2.05) is 26.0 Å². The van der Waals surface area contributed by atoms with Gasteiger partial charge in [0.15, 0.2) is 0 Å². The first kappa shape index (κ1) is 21.0. The topological polar surface area (TPSA) is 40.2 Å². The number of aryl methyl sites for hydroxylation is 1. The van der Waals surface area contributed by atoms with Crippen LogP contribution in [0.5, 0.6) is 5.75 Å². The molecule has 0 aliphatic rings. The van der Waals surface area contributed by atoms with Crippen molar-refractivity contribution >= 4 is 10.9 Å². The Kier molecular flexibility index (Phi) is 7.49. The van der Waals surface area contributed by atoms with Crippen LogP contribution >= 0.6 is 0 Å². The van der Waals surface area contributed by atoms with Crippen molar-refractivity contribution in [2.75, 3.05) is 6.73 Å². The van der Waals surface area contributed by atoms with Gasteiger partial charge in [0.05, 0.1) is 11.1 Å². The molecule has 0 radical (unpaired) electrons. The molecule has 2 N–H and O–H groups in total. The largest absolute Gasteiger partial charge is 0.478 e. The molecule has 0 aliphatic carbocycles. The van der Waals surface area contributed by atoms with E-state index in [2.05, 4.69) is 67.9 Å². The van der Waals surface area contributed by atoms with Gasteiger partial charge in [-0.25, -0.2) is 0 Å². The van der Waals surface area contributed by atoms with Crippen LogP contribution in [0.1, 0.15) is 58.1 Å². The standard InChI is InChI=1S/C22H28N2O.C2H6/c1-4-14-22(5-2,18-11-9-17(3)10-12-18)24-15-13-19-20(24)7-6-8-21(19)25-16-23;1-2/h6-13,15H,4-5,14,16,23H2,1-3H3;1-2H3. The number of ether oxygens (including phenoxy) is 1. The van der Waals surface area contributed by atoms with Crippen LogP contribution in [-0.2, 0) is 5.54 Å². The second kappa shape index (κ2) is 9.61. The molecule has 0 saturated carbocycles. The van der Waals surface area contributed by atoms with Gasteiger partial charge in [-0.3, -0.25) is 5.73 Å². The van der Waals surface area contributed by atoms with Crippen LogP contribution in [0, 0.1) is 6.92 Å². The first-order valence-electron chi connectivity index (χ1n) is 10.2. The molecule has 1 heterocycles. The van der Waals surface area contributed by atoms with Crippen LogP contribution in [0.15, 0.2) is 54.7 Å². The number of benzene rings is 2. The molecule has 3 aromatic rings. The monoisotopic (exact) mass is 366 g/mol. The Balaban J connectivity index is 0.00000126. The van der Waals surface area contributed by atoms with Gasteiger partial charge in [-0.1, -0.05) is 70.0 Å². The third-order valence-electron chi connectivity index (χ3n) is 5.23. The second-order valence-electron chi connectivity index (χ2n) is 6.69. The molecule has 0 spiro atoms. The van der Waals surface area contributed by atoms with Gasteiger partial charge < -0.3 is 9.30 Å². The summed E-state index contributed by atoms with van der Waals surface area (Å²) in [5.41, 5.74) is 9.40. The molecular formula is C24H34N2O. The predicted molar refractivity (Wildman–Crippen MR) is 116 cm³/mol. The minimum atomic E-state index is -0.0501. The van der Waals surface area contributed by atoms with Crippen molar-refractivity contribution in [3.63, 3.8) is 0 Å². The molecule has 0 bridgehead atoms. The maximum Gasteiger partial charge on any atom is 0.137 e. The van der Waals surface area contributed by atoms with Crippen molar-refractivity contribution in [2.45, 2.75) is 59.4 Å². The van der Waals surface area contributed by atoms with Gasteiger partial charge in [-0.05, 0) is 43.5 Å². The Hall–Kier alpha value is -2.26. The normalized spacial score (nSPS) is 13.0. The summed E-state index contributed by atoms with van der Waals surface area (Å²) in [6, 6.07) is 17.3. The lowest BCUT2D eigenvalue weighted by atomic mass is 9.82. The summed E-state index contributed by atoms with van der Waals surface area (Å²) in [6.07, 6.45) is 5.46. The van der Waals surface area contributed by atoms with Gasteiger partial charge in [0.1, 0.15) is 12.5 Å². The van der Waals surface area contributed by atoms with Crippen LogP contribution < -0.4 is 10.5 Å². The van der Waals surface area contributed by atoms with Gasteiger partial charge in [-0.2, -0.15) is 0 Å². The lowest BCUT2D eigenvalue weighted by Crippen LogP contribution is -2.33. The van der Waals surface area contributed by atoms with Crippen molar-refractivity contribution in [1.29, 1.82) is 0 Å². The van der Waals surface area contributed by atoms with Crippen LogP contribution in [0.25, 0.3) is 10.9 Å². The lowest BCUT2D eigenvalue weighted by molar-refractivity contribution is 0.321. The molecular weight excluding hydrogens is 332 g/mol. The van der Waals surface area contributed by atoms with Gasteiger partial charge >= 0.3 is 0 Å². The van der Waals surface area contributed by atoms with E-state index in [0.29, 0.717) is 0 Å². The maximum atomic E-state index is 5.62. The Labute approximate surface area is 164 Å². The number of rotatable bonds is 7. The van der Waals surface area contributed by atoms with Crippen LogP contribution in [0.2, 0.25) is 0 Å². The number of nitrogens with two attached hydrogens (primary N) is 1. The minimum Gasteiger partial charge on any atom is -0.478 e. The van der Waals surface area contributed by atoms with Crippen LogP contribution in [0.4, 0.5) is 0 Å². The average Bonchev–Trinajstić information content (AvgIpc) is 3.14. The summed E-state index contributed by atoms with van der Waals surface area (Å²) in [5, 5.41) is 1.12. The molecule has 3 heteroatoms. The molecule has 27 heavy (non-hydrogen) atoms. The molecule has 1 unspecified atom stereocenters. The highest BCUT2D eigenvalue weighted by atomic mass is 16.5. The highest BCUT2D eigenvalue weighted by Gasteiger charge is 2.32. The van der Waals surface area contributed by atoms with E-state index in [-0.39, 0.29) is 12.3 Å². The maximum absolute atomic E-state index is 5.62. The van der Waals surface area contributed by atoms with E-state index in [1.54, 1.807) is 0 Å². The molecule has 1 atom stereocenters. The van der Waals surface area contributed by atoms with Gasteiger partial charge in [0.25, 0.3) is 0 Å². The lowest BCUT2D eigenvalue weighted by Gasteiger charge is -2.36. The third kappa shape index (κ3) is 4.03. The summed E-state index contributed by atoms with van der Waals surface area (Å²) in [6.45, 7) is 10.9. The zero-order chi connectivity index (χ0) is 19.9. The molecule has 0 fully saturated rings. The van der Waals surface area contributed by atoms with Gasteiger partial charge in [0.2, 0.25) is 0 Å². The molecule has 146 valence electrons. The van der Waals surface area contributed by atoms with Gasteiger partial charge in [-0.15, -0.1) is 0 Å².